The summed E-state index contributed by atoms with van der Waals surface area (Å²) in [5, 5.41) is 10.4. The van der Waals surface area contributed by atoms with Crippen LogP contribution in [0.5, 0.6) is 5.06 Å². The van der Waals surface area contributed by atoms with Crippen LogP contribution in [0.2, 0.25) is 5.02 Å². The van der Waals surface area contributed by atoms with E-state index in [1.165, 1.54) is 11.3 Å². The lowest BCUT2D eigenvalue weighted by Crippen LogP contribution is -2.26. The van der Waals surface area contributed by atoms with Gasteiger partial charge in [-0.2, -0.15) is 0 Å². The van der Waals surface area contributed by atoms with Crippen molar-refractivity contribution in [3.05, 3.63) is 94.5 Å². The first-order chi connectivity index (χ1) is 18.0. The lowest BCUT2D eigenvalue weighted by atomic mass is 10.1. The van der Waals surface area contributed by atoms with Crippen molar-refractivity contribution >= 4 is 45.8 Å². The van der Waals surface area contributed by atoms with E-state index in [-0.39, 0.29) is 11.9 Å². The fourth-order valence-electron chi connectivity index (χ4n) is 3.65. The average molecular weight is 533 g/mol. The van der Waals surface area contributed by atoms with Gasteiger partial charge in [0.15, 0.2) is 5.13 Å². The van der Waals surface area contributed by atoms with Crippen molar-refractivity contribution in [2.75, 3.05) is 5.32 Å². The molecule has 0 unspecified atom stereocenters. The first-order valence-electron chi connectivity index (χ1n) is 11.9. The van der Waals surface area contributed by atoms with Crippen LogP contribution in [0.1, 0.15) is 34.3 Å². The number of ether oxygens (including phenoxy) is 1. The molecule has 4 aromatic rings. The number of rotatable bonds is 8. The van der Waals surface area contributed by atoms with Gasteiger partial charge in [-0.25, -0.2) is 9.78 Å². The molecule has 0 saturated heterocycles. The van der Waals surface area contributed by atoms with Crippen LogP contribution < -0.4 is 20.7 Å². The van der Waals surface area contributed by atoms with Crippen molar-refractivity contribution in [1.82, 2.24) is 15.6 Å². The second kappa shape index (κ2) is 11.0. The number of nitrogens with zero attached hydrogens (tertiary/aromatic N) is 1. The topological polar surface area (TPSA) is 92.3 Å². The zero-order valence-electron chi connectivity index (χ0n) is 20.1. The highest BCUT2D eigenvalue weighted by molar-refractivity contribution is 7.18. The van der Waals surface area contributed by atoms with Gasteiger partial charge in [-0.1, -0.05) is 77.5 Å². The van der Waals surface area contributed by atoms with Gasteiger partial charge < -0.3 is 20.7 Å². The number of nitrogens with one attached hydrogen (secondary N) is 3. The molecule has 0 spiro atoms. The molecule has 37 heavy (non-hydrogen) atoms. The number of halogens is 1. The van der Waals surface area contributed by atoms with Gasteiger partial charge >= 0.3 is 6.09 Å². The number of benzene rings is 3. The van der Waals surface area contributed by atoms with Gasteiger partial charge in [-0.05, 0) is 49.1 Å². The van der Waals surface area contributed by atoms with Gasteiger partial charge in [0, 0.05) is 29.4 Å². The summed E-state index contributed by atoms with van der Waals surface area (Å²) in [6.07, 6.45) is 1.45. The summed E-state index contributed by atoms with van der Waals surface area (Å²) >= 11 is 7.64. The third-order valence-corrected chi connectivity index (χ3v) is 7.02. The number of carbonyl (C=O) groups excluding carboxylic acids is 2. The largest absolute Gasteiger partial charge is 0.413 e. The number of hydrogen-bond acceptors (Lipinski definition) is 6. The highest BCUT2D eigenvalue weighted by Crippen LogP contribution is 2.42. The molecule has 0 atom stereocenters. The predicted octanol–water partition coefficient (Wildman–Crippen LogP) is 6.70. The van der Waals surface area contributed by atoms with Gasteiger partial charge in [0.05, 0.1) is 5.02 Å². The Labute approximate surface area is 223 Å². The second-order valence-corrected chi connectivity index (χ2v) is 10.1. The van der Waals surface area contributed by atoms with Gasteiger partial charge in [0.1, 0.15) is 5.69 Å². The summed E-state index contributed by atoms with van der Waals surface area (Å²) in [5.74, 6) is -0.0967. The van der Waals surface area contributed by atoms with Gasteiger partial charge in [0.2, 0.25) is 5.06 Å². The Morgan fingerprint density at radius 3 is 2.57 bits per heavy atom. The smallest absolute Gasteiger partial charge is 0.397 e. The molecule has 2 amide bonds. The van der Waals surface area contributed by atoms with E-state index in [1.807, 2.05) is 61.5 Å². The van der Waals surface area contributed by atoms with E-state index in [1.54, 1.807) is 18.2 Å². The van der Waals surface area contributed by atoms with Crippen molar-refractivity contribution in [2.45, 2.75) is 32.4 Å². The maximum atomic E-state index is 12.6. The van der Waals surface area contributed by atoms with Crippen LogP contribution in [0, 0.1) is 6.92 Å². The zero-order valence-corrected chi connectivity index (χ0v) is 21.7. The molecule has 1 aliphatic carbocycles. The van der Waals surface area contributed by atoms with Crippen molar-refractivity contribution < 1.29 is 14.3 Å². The molecule has 5 rings (SSSR count). The van der Waals surface area contributed by atoms with E-state index in [0.717, 1.165) is 29.7 Å². The molecule has 1 saturated carbocycles. The highest BCUT2D eigenvalue weighted by Gasteiger charge is 2.24. The number of aryl methyl sites for hydroxylation is 1. The predicted molar refractivity (Wildman–Crippen MR) is 147 cm³/mol. The van der Waals surface area contributed by atoms with Crippen molar-refractivity contribution in [1.29, 1.82) is 0 Å². The van der Waals surface area contributed by atoms with Crippen LogP contribution in [-0.2, 0) is 6.54 Å². The molecular formula is C28H25ClN4O3S. The summed E-state index contributed by atoms with van der Waals surface area (Å²) in [6.45, 7) is 2.28. The summed E-state index contributed by atoms with van der Waals surface area (Å²) in [4.78, 5) is 29.9. The van der Waals surface area contributed by atoms with E-state index >= 15 is 0 Å². The minimum Gasteiger partial charge on any atom is -0.397 e. The number of aromatic nitrogens is 1. The molecule has 3 N–H and O–H groups in total. The fraction of sp³-hybridized carbons (Fsp3) is 0.179. The zero-order chi connectivity index (χ0) is 25.8. The molecule has 0 radical (unpaired) electrons. The van der Waals surface area contributed by atoms with Crippen molar-refractivity contribution in [2.24, 2.45) is 0 Å². The number of amides is 2. The van der Waals surface area contributed by atoms with Gasteiger partial charge in [-0.15, -0.1) is 0 Å². The minimum absolute atomic E-state index is 0.0967. The number of anilines is 2. The van der Waals surface area contributed by atoms with Crippen LogP contribution in [0.15, 0.2) is 72.8 Å². The summed E-state index contributed by atoms with van der Waals surface area (Å²) in [7, 11) is 0. The first-order valence-corrected chi connectivity index (χ1v) is 13.1. The molecule has 0 bridgehead atoms. The van der Waals surface area contributed by atoms with E-state index in [2.05, 4.69) is 16.0 Å². The lowest BCUT2D eigenvalue weighted by molar-refractivity contribution is 0.0951. The first kappa shape index (κ1) is 24.8. The molecule has 9 heteroatoms. The SMILES string of the molecule is Cc1ccc(C(=O)NC2CC2)cc1Nc1nc(-c2ccccc2Cl)c(OC(=O)NCc2ccccc2)s1. The average Bonchev–Trinajstić information content (AvgIpc) is 3.63. The Hall–Kier alpha value is -3.88. The fourth-order valence-corrected chi connectivity index (χ4v) is 4.72. The molecule has 188 valence electrons. The number of hydrogen-bond donors (Lipinski definition) is 3. The maximum absolute atomic E-state index is 12.6. The summed E-state index contributed by atoms with van der Waals surface area (Å²) in [5.41, 5.74) is 4.31. The molecule has 1 aromatic heterocycles. The van der Waals surface area contributed by atoms with Gasteiger partial charge in [0.25, 0.3) is 5.91 Å². The van der Waals surface area contributed by atoms with Gasteiger partial charge in [-0.3, -0.25) is 4.79 Å². The Bertz CT molecular complexity index is 1440. The molecular weight excluding hydrogens is 508 g/mol. The quantitative estimate of drug-likeness (QED) is 0.235. The van der Waals surface area contributed by atoms with Crippen molar-refractivity contribution in [3.63, 3.8) is 0 Å². The normalized spacial score (nSPS) is 12.6. The maximum Gasteiger partial charge on any atom is 0.413 e. The Morgan fingerprint density at radius 2 is 1.81 bits per heavy atom. The molecule has 1 fully saturated rings. The Balaban J connectivity index is 1.39. The number of carbonyl (C=O) groups is 2. The van der Waals surface area contributed by atoms with Crippen molar-refractivity contribution in [3.8, 4) is 16.3 Å². The molecule has 3 aromatic carbocycles. The highest BCUT2D eigenvalue weighted by atomic mass is 35.5. The Kier molecular flexibility index (Phi) is 7.39. The number of thiazole rings is 1. The van der Waals surface area contributed by atoms with Crippen LogP contribution in [0.3, 0.4) is 0 Å². The van der Waals surface area contributed by atoms with E-state index < -0.39 is 6.09 Å². The van der Waals surface area contributed by atoms with Crippen LogP contribution in [0.4, 0.5) is 15.6 Å². The summed E-state index contributed by atoms with van der Waals surface area (Å²) in [6, 6.07) is 22.6. The third-order valence-electron chi connectivity index (χ3n) is 5.84. The minimum atomic E-state index is -0.595. The van der Waals surface area contributed by atoms with Crippen LogP contribution in [-0.4, -0.2) is 23.0 Å². The molecule has 1 aliphatic rings. The summed E-state index contributed by atoms with van der Waals surface area (Å²) < 4.78 is 5.68. The molecule has 7 nitrogen and oxygen atoms in total. The molecule has 0 aliphatic heterocycles. The third kappa shape index (κ3) is 6.28. The standard InChI is InChI=1S/C28H25ClN4O3S/c1-17-11-12-19(25(34)31-20-13-14-20)15-23(17)32-27-33-24(21-9-5-6-10-22(21)29)26(37-27)36-28(35)30-16-18-7-3-2-4-8-18/h2-12,15,20H,13-14,16H2,1H3,(H,30,35)(H,31,34)(H,32,33). The van der Waals surface area contributed by atoms with Crippen LogP contribution >= 0.6 is 22.9 Å². The van der Waals surface area contributed by atoms with E-state index in [0.29, 0.717) is 38.6 Å². The second-order valence-electron chi connectivity index (χ2n) is 8.77. The molecule has 1 heterocycles. The monoisotopic (exact) mass is 532 g/mol. The Morgan fingerprint density at radius 1 is 1.05 bits per heavy atom. The lowest BCUT2D eigenvalue weighted by Gasteiger charge is -2.10. The van der Waals surface area contributed by atoms with Crippen LogP contribution in [0.25, 0.3) is 11.3 Å². The van der Waals surface area contributed by atoms with E-state index in [9.17, 15) is 9.59 Å². The van der Waals surface area contributed by atoms with E-state index in [4.69, 9.17) is 21.3 Å².